The molecule has 39 heavy (non-hydrogen) atoms. The fourth-order valence-electron chi connectivity index (χ4n) is 5.72. The van der Waals surface area contributed by atoms with Crippen molar-refractivity contribution in [3.63, 3.8) is 0 Å². The molecule has 0 saturated carbocycles. The van der Waals surface area contributed by atoms with Crippen LogP contribution in [0.15, 0.2) is 60.8 Å². The number of ether oxygens (including phenoxy) is 1. The Morgan fingerprint density at radius 1 is 1.03 bits per heavy atom. The van der Waals surface area contributed by atoms with Crippen LogP contribution in [-0.2, 0) is 27.5 Å². The molecule has 0 unspecified atom stereocenters. The third-order valence-corrected chi connectivity index (χ3v) is 7.97. The summed E-state index contributed by atoms with van der Waals surface area (Å²) >= 11 is 0. The van der Waals surface area contributed by atoms with Crippen LogP contribution < -0.4 is 4.74 Å². The zero-order chi connectivity index (χ0) is 27.0. The molecule has 2 fully saturated rings. The predicted molar refractivity (Wildman–Crippen MR) is 146 cm³/mol. The number of piperidine rings is 1. The lowest BCUT2D eigenvalue weighted by atomic mass is 9.82. The van der Waals surface area contributed by atoms with Gasteiger partial charge in [0.05, 0.1) is 12.2 Å². The van der Waals surface area contributed by atoms with Gasteiger partial charge in [0.1, 0.15) is 12.4 Å². The maximum atomic E-state index is 13.6. The second-order valence-corrected chi connectivity index (χ2v) is 10.6. The summed E-state index contributed by atoms with van der Waals surface area (Å²) in [6, 6.07) is 13.8. The van der Waals surface area contributed by atoms with E-state index in [-0.39, 0.29) is 30.2 Å². The van der Waals surface area contributed by atoms with Gasteiger partial charge in [-0.1, -0.05) is 36.4 Å². The van der Waals surface area contributed by atoms with Crippen LogP contribution in [0.4, 0.5) is 0 Å². The number of aromatic nitrogens is 1. The molecule has 9 nitrogen and oxygen atoms in total. The van der Waals surface area contributed by atoms with Crippen molar-refractivity contribution in [2.45, 2.75) is 25.9 Å². The molecule has 2 aromatic rings. The van der Waals surface area contributed by atoms with E-state index in [2.05, 4.69) is 16.0 Å². The highest BCUT2D eigenvalue weighted by molar-refractivity contribution is 5.79. The Balaban J connectivity index is 1.31. The van der Waals surface area contributed by atoms with Gasteiger partial charge in [-0.3, -0.25) is 24.3 Å². The molecule has 2 atom stereocenters. The van der Waals surface area contributed by atoms with Crippen LogP contribution in [0.5, 0.6) is 5.75 Å². The van der Waals surface area contributed by atoms with E-state index in [0.29, 0.717) is 65.4 Å². The second kappa shape index (κ2) is 12.9. The molecule has 3 amide bonds. The molecule has 3 aliphatic heterocycles. The Hall–Kier alpha value is -3.72. The number of benzene rings is 1. The van der Waals surface area contributed by atoms with Gasteiger partial charge in [-0.15, -0.1) is 0 Å². The number of hydrogen-bond acceptors (Lipinski definition) is 6. The number of pyridine rings is 1. The van der Waals surface area contributed by atoms with Gasteiger partial charge in [-0.25, -0.2) is 0 Å². The van der Waals surface area contributed by atoms with Gasteiger partial charge >= 0.3 is 0 Å². The third kappa shape index (κ3) is 7.03. The second-order valence-electron chi connectivity index (χ2n) is 10.6. The summed E-state index contributed by atoms with van der Waals surface area (Å²) in [6.45, 7) is 5.41. The number of fused-ring (bicyclic) bond motifs is 3. The number of carbonyl (C=O) groups excluding carboxylic acids is 3. The number of carbonyl (C=O) groups is 3. The minimum absolute atomic E-state index is 0.0757. The quantitative estimate of drug-likeness (QED) is 0.434. The van der Waals surface area contributed by atoms with Crippen molar-refractivity contribution in [1.82, 2.24) is 24.6 Å². The van der Waals surface area contributed by atoms with E-state index in [1.54, 1.807) is 11.1 Å². The first-order valence-corrected chi connectivity index (χ1v) is 13.8. The van der Waals surface area contributed by atoms with Crippen molar-refractivity contribution in [2.75, 3.05) is 52.4 Å². The molecule has 5 rings (SSSR count). The Bertz CT molecular complexity index is 1160. The molecule has 2 bridgehead atoms. The van der Waals surface area contributed by atoms with Crippen LogP contribution in [0.3, 0.4) is 0 Å². The molecular weight excluding hydrogens is 494 g/mol. The topological polar surface area (TPSA) is 86.3 Å². The van der Waals surface area contributed by atoms with Crippen LogP contribution in [-0.4, -0.2) is 95.2 Å². The molecule has 0 radical (unpaired) electrons. The minimum Gasteiger partial charge on any atom is -0.489 e. The smallest absolute Gasteiger partial charge is 0.236 e. The number of piperazine rings is 1. The van der Waals surface area contributed by atoms with E-state index in [0.717, 1.165) is 29.8 Å². The van der Waals surface area contributed by atoms with Gasteiger partial charge in [0, 0.05) is 70.5 Å². The van der Waals surface area contributed by atoms with E-state index < -0.39 is 0 Å². The van der Waals surface area contributed by atoms with Crippen LogP contribution in [0, 0.1) is 11.8 Å². The molecule has 0 aliphatic carbocycles. The minimum atomic E-state index is 0.0757. The number of nitrogens with zero attached hydrogens (tertiary/aromatic N) is 5. The Kier molecular flexibility index (Phi) is 8.88. The number of rotatable bonds is 5. The predicted octanol–water partition coefficient (Wildman–Crippen LogP) is 2.19. The molecule has 0 N–H and O–H groups in total. The van der Waals surface area contributed by atoms with E-state index in [1.165, 1.54) is 0 Å². The van der Waals surface area contributed by atoms with Crippen molar-refractivity contribution in [3.05, 3.63) is 72.1 Å². The summed E-state index contributed by atoms with van der Waals surface area (Å²) in [5.41, 5.74) is 1.95. The van der Waals surface area contributed by atoms with Gasteiger partial charge in [0.2, 0.25) is 18.2 Å². The van der Waals surface area contributed by atoms with E-state index in [9.17, 15) is 14.4 Å². The van der Waals surface area contributed by atoms with Crippen molar-refractivity contribution >= 4 is 18.2 Å². The summed E-state index contributed by atoms with van der Waals surface area (Å²) in [4.78, 5) is 49.9. The molecule has 206 valence electrons. The number of para-hydroxylation sites is 1. The van der Waals surface area contributed by atoms with Crippen molar-refractivity contribution < 1.29 is 19.1 Å². The first-order valence-electron chi connectivity index (χ1n) is 13.8. The van der Waals surface area contributed by atoms with Crippen molar-refractivity contribution in [2.24, 2.45) is 11.8 Å². The first-order chi connectivity index (χ1) is 19.1. The third-order valence-electron chi connectivity index (χ3n) is 7.97. The summed E-state index contributed by atoms with van der Waals surface area (Å²) in [6.07, 6.45) is 8.02. The van der Waals surface area contributed by atoms with Gasteiger partial charge in [-0.05, 0) is 36.5 Å². The lowest BCUT2D eigenvalue weighted by Gasteiger charge is -2.39. The van der Waals surface area contributed by atoms with Crippen LogP contribution in [0.1, 0.15) is 24.1 Å². The molecule has 1 aromatic carbocycles. The lowest BCUT2D eigenvalue weighted by Crippen LogP contribution is -2.50. The fraction of sp³-hybridized carbons (Fsp3) is 0.467. The number of amides is 3. The zero-order valence-corrected chi connectivity index (χ0v) is 22.4. The molecule has 9 heteroatoms. The largest absolute Gasteiger partial charge is 0.489 e. The summed E-state index contributed by atoms with van der Waals surface area (Å²) in [5, 5.41) is 0. The highest BCUT2D eigenvalue weighted by Crippen LogP contribution is 2.30. The Morgan fingerprint density at radius 2 is 1.85 bits per heavy atom. The molecule has 3 aliphatic rings. The van der Waals surface area contributed by atoms with Gasteiger partial charge < -0.3 is 19.4 Å². The van der Waals surface area contributed by atoms with E-state index >= 15 is 0 Å². The standard InChI is InChI=1S/C30H37N5O4/c36-23-32-13-15-34(16-14-32)29(37)18-24-10-12-35-20-25(24)7-5-17-39-28-9-2-1-6-26(28)19-33(22-30(35)38)21-27-8-3-4-11-31-27/h1-9,11,23-25H,10,12-22H2/t24-,25-/m0/s1. The molecule has 4 heterocycles. The van der Waals surface area contributed by atoms with Crippen LogP contribution in [0.2, 0.25) is 0 Å². The first kappa shape index (κ1) is 26.9. The zero-order valence-electron chi connectivity index (χ0n) is 22.4. The SMILES string of the molecule is O=CN1CCN(C(=O)C[C@@H]2CCN3C[C@@H]2C=CCOc2ccccc2CN(Cc2ccccn2)CC3=O)CC1. The van der Waals surface area contributed by atoms with E-state index in [4.69, 9.17) is 4.74 Å². The Morgan fingerprint density at radius 3 is 2.64 bits per heavy atom. The van der Waals surface area contributed by atoms with Crippen molar-refractivity contribution in [1.29, 1.82) is 0 Å². The maximum absolute atomic E-state index is 13.6. The van der Waals surface area contributed by atoms with Crippen molar-refractivity contribution in [3.8, 4) is 5.75 Å². The fourth-order valence-corrected chi connectivity index (χ4v) is 5.72. The highest BCUT2D eigenvalue weighted by atomic mass is 16.5. The Labute approximate surface area is 230 Å². The average Bonchev–Trinajstić information content (AvgIpc) is 2.97. The summed E-state index contributed by atoms with van der Waals surface area (Å²) in [5.74, 6) is 1.27. The van der Waals surface area contributed by atoms with Crippen LogP contribution in [0.25, 0.3) is 0 Å². The molecular formula is C30H37N5O4. The highest BCUT2D eigenvalue weighted by Gasteiger charge is 2.33. The van der Waals surface area contributed by atoms with Gasteiger partial charge in [-0.2, -0.15) is 0 Å². The van der Waals surface area contributed by atoms with E-state index in [1.807, 2.05) is 58.3 Å². The molecule has 0 spiro atoms. The van der Waals surface area contributed by atoms with Crippen LogP contribution >= 0.6 is 0 Å². The van der Waals surface area contributed by atoms with Gasteiger partial charge in [0.15, 0.2) is 0 Å². The monoisotopic (exact) mass is 531 g/mol. The molecule has 1 aromatic heterocycles. The lowest BCUT2D eigenvalue weighted by molar-refractivity contribution is -0.138. The maximum Gasteiger partial charge on any atom is 0.236 e. The van der Waals surface area contributed by atoms with Gasteiger partial charge in [0.25, 0.3) is 0 Å². The summed E-state index contributed by atoms with van der Waals surface area (Å²) < 4.78 is 6.16. The number of hydrogen-bond donors (Lipinski definition) is 0. The average molecular weight is 532 g/mol. The molecule has 2 saturated heterocycles. The normalized spacial score (nSPS) is 22.7. The summed E-state index contributed by atoms with van der Waals surface area (Å²) in [7, 11) is 0.